The maximum Gasteiger partial charge on any atom is 0.132 e. The van der Waals surface area contributed by atoms with Crippen LogP contribution in [0.2, 0.25) is 0 Å². The first-order chi connectivity index (χ1) is 12.5. The molecule has 0 aliphatic carbocycles. The van der Waals surface area contributed by atoms with Gasteiger partial charge in [-0.25, -0.2) is 9.78 Å². The van der Waals surface area contributed by atoms with Gasteiger partial charge in [-0.15, -0.1) is 0 Å². The molecule has 1 atom stereocenters. The van der Waals surface area contributed by atoms with Crippen molar-refractivity contribution in [1.29, 1.82) is 0 Å². The summed E-state index contributed by atoms with van der Waals surface area (Å²) in [6.45, 7) is 6.49. The van der Waals surface area contributed by atoms with E-state index in [1.165, 1.54) is 0 Å². The van der Waals surface area contributed by atoms with Crippen LogP contribution in [0.3, 0.4) is 0 Å². The van der Waals surface area contributed by atoms with E-state index in [0.29, 0.717) is 26.1 Å². The Morgan fingerprint density at radius 1 is 1.00 bits per heavy atom. The molecule has 140 valence electrons. The SMILES string of the molecule is CC(=O)C[C@@H](CCOCc1ccccc1)OOC(C)(C)c1ccccc1. The summed E-state index contributed by atoms with van der Waals surface area (Å²) in [6.07, 6.45) is 0.572. The molecule has 0 heterocycles. The molecule has 0 aliphatic rings. The Bertz CT molecular complexity index is 652. The summed E-state index contributed by atoms with van der Waals surface area (Å²) < 4.78 is 5.70. The maximum atomic E-state index is 11.5. The predicted molar refractivity (Wildman–Crippen MR) is 101 cm³/mol. The van der Waals surface area contributed by atoms with E-state index < -0.39 is 5.60 Å². The summed E-state index contributed by atoms with van der Waals surface area (Å²) in [5.41, 5.74) is 1.54. The van der Waals surface area contributed by atoms with E-state index in [9.17, 15) is 4.79 Å². The van der Waals surface area contributed by atoms with Crippen molar-refractivity contribution in [3.8, 4) is 0 Å². The monoisotopic (exact) mass is 356 g/mol. The zero-order valence-corrected chi connectivity index (χ0v) is 15.8. The standard InChI is InChI=1S/C22H28O4/c1-18(23)16-21(14-15-24-17-19-10-6-4-7-11-19)25-26-22(2,3)20-12-8-5-9-13-20/h4-13,21H,14-17H2,1-3H3/t21-/m1/s1. The Kier molecular flexibility index (Phi) is 7.98. The molecule has 2 aromatic rings. The molecule has 0 aromatic heterocycles. The number of ether oxygens (including phenoxy) is 1. The van der Waals surface area contributed by atoms with E-state index in [4.69, 9.17) is 14.5 Å². The van der Waals surface area contributed by atoms with Crippen molar-refractivity contribution in [2.24, 2.45) is 0 Å². The third-order valence-corrected chi connectivity index (χ3v) is 4.07. The minimum atomic E-state index is -0.596. The van der Waals surface area contributed by atoms with E-state index in [1.54, 1.807) is 6.92 Å². The van der Waals surface area contributed by atoms with Crippen molar-refractivity contribution in [2.75, 3.05) is 6.61 Å². The third kappa shape index (κ3) is 7.08. The Morgan fingerprint density at radius 3 is 2.23 bits per heavy atom. The van der Waals surface area contributed by atoms with Gasteiger partial charge in [0.25, 0.3) is 0 Å². The Hall–Kier alpha value is -2.01. The number of benzene rings is 2. The fourth-order valence-electron chi connectivity index (χ4n) is 2.56. The van der Waals surface area contributed by atoms with Crippen molar-refractivity contribution in [2.45, 2.75) is 51.9 Å². The fraction of sp³-hybridized carbons (Fsp3) is 0.409. The molecule has 0 bridgehead atoms. The van der Waals surface area contributed by atoms with Gasteiger partial charge >= 0.3 is 0 Å². The minimum absolute atomic E-state index is 0.0687. The van der Waals surface area contributed by atoms with Crippen LogP contribution in [0.1, 0.15) is 44.7 Å². The van der Waals surface area contributed by atoms with E-state index in [0.717, 1.165) is 11.1 Å². The second-order valence-corrected chi connectivity index (χ2v) is 6.91. The lowest BCUT2D eigenvalue weighted by Gasteiger charge is -2.27. The van der Waals surface area contributed by atoms with Crippen molar-refractivity contribution in [3.63, 3.8) is 0 Å². The van der Waals surface area contributed by atoms with Crippen molar-refractivity contribution in [1.82, 2.24) is 0 Å². The average molecular weight is 356 g/mol. The van der Waals surface area contributed by atoms with Gasteiger partial charge in [0, 0.05) is 19.4 Å². The zero-order chi connectivity index (χ0) is 18.8. The number of ketones is 1. The normalized spacial score (nSPS) is 12.7. The summed E-state index contributed by atoms with van der Waals surface area (Å²) in [4.78, 5) is 22.8. The molecule has 0 amide bonds. The van der Waals surface area contributed by atoms with Crippen LogP contribution in [0.25, 0.3) is 0 Å². The first-order valence-electron chi connectivity index (χ1n) is 8.98. The van der Waals surface area contributed by atoms with Crippen molar-refractivity contribution >= 4 is 5.78 Å². The number of hydrogen-bond donors (Lipinski definition) is 0. The number of carbonyl (C=O) groups is 1. The van der Waals surface area contributed by atoms with Crippen LogP contribution in [0.4, 0.5) is 0 Å². The number of Topliss-reactive ketones (excluding diaryl/α,β-unsaturated/α-hetero) is 1. The zero-order valence-electron chi connectivity index (χ0n) is 15.8. The van der Waals surface area contributed by atoms with Crippen LogP contribution >= 0.6 is 0 Å². The molecule has 0 unspecified atom stereocenters. The molecule has 2 rings (SSSR count). The highest BCUT2D eigenvalue weighted by molar-refractivity contribution is 5.75. The first-order valence-corrected chi connectivity index (χ1v) is 8.98. The fourth-order valence-corrected chi connectivity index (χ4v) is 2.56. The molecule has 0 saturated carbocycles. The van der Waals surface area contributed by atoms with E-state index in [2.05, 4.69) is 0 Å². The Labute approximate surface area is 156 Å². The highest BCUT2D eigenvalue weighted by Gasteiger charge is 2.25. The topological polar surface area (TPSA) is 44.8 Å². The molecule has 4 heteroatoms. The molecule has 0 aliphatic heterocycles. The molecule has 0 saturated heterocycles. The van der Waals surface area contributed by atoms with Crippen LogP contribution in [0, 0.1) is 0 Å². The lowest BCUT2D eigenvalue weighted by molar-refractivity contribution is -0.382. The molecule has 2 aromatic carbocycles. The second-order valence-electron chi connectivity index (χ2n) is 6.91. The molecule has 4 nitrogen and oxygen atoms in total. The minimum Gasteiger partial charge on any atom is -0.377 e. The van der Waals surface area contributed by atoms with E-state index in [1.807, 2.05) is 74.5 Å². The Morgan fingerprint density at radius 2 is 1.62 bits per heavy atom. The van der Waals surface area contributed by atoms with Crippen molar-refractivity contribution < 1.29 is 19.3 Å². The lowest BCUT2D eigenvalue weighted by Crippen LogP contribution is -2.27. The smallest absolute Gasteiger partial charge is 0.132 e. The number of carbonyl (C=O) groups excluding carboxylic acids is 1. The van der Waals surface area contributed by atoms with Gasteiger partial charge in [-0.05, 0) is 31.9 Å². The summed E-state index contributed by atoms with van der Waals surface area (Å²) in [7, 11) is 0. The van der Waals surface area contributed by atoms with Crippen LogP contribution < -0.4 is 0 Å². The molecular weight excluding hydrogens is 328 g/mol. The summed E-state index contributed by atoms with van der Waals surface area (Å²) in [6, 6.07) is 19.9. The van der Waals surface area contributed by atoms with Crippen molar-refractivity contribution in [3.05, 3.63) is 71.8 Å². The largest absolute Gasteiger partial charge is 0.377 e. The van der Waals surface area contributed by atoms with E-state index in [-0.39, 0.29) is 11.9 Å². The molecule has 0 spiro atoms. The third-order valence-electron chi connectivity index (χ3n) is 4.07. The Balaban J connectivity index is 1.81. The van der Waals surface area contributed by atoms with Gasteiger partial charge in [0.05, 0.1) is 6.61 Å². The lowest BCUT2D eigenvalue weighted by atomic mass is 9.99. The maximum absolute atomic E-state index is 11.5. The van der Waals surface area contributed by atoms with Crippen LogP contribution in [-0.4, -0.2) is 18.5 Å². The second kappa shape index (κ2) is 10.2. The quantitative estimate of drug-likeness (QED) is 0.329. The van der Waals surface area contributed by atoms with Gasteiger partial charge in [0.15, 0.2) is 0 Å². The molecule has 26 heavy (non-hydrogen) atoms. The predicted octanol–water partition coefficient (Wildman–Crippen LogP) is 4.82. The van der Waals surface area contributed by atoms with Gasteiger partial charge in [-0.3, -0.25) is 4.79 Å². The highest BCUT2D eigenvalue weighted by Crippen LogP contribution is 2.26. The number of hydrogen-bond acceptors (Lipinski definition) is 4. The van der Waals surface area contributed by atoms with Gasteiger partial charge in [-0.1, -0.05) is 60.7 Å². The first kappa shape index (κ1) is 20.3. The van der Waals surface area contributed by atoms with Gasteiger partial charge in [0.2, 0.25) is 0 Å². The average Bonchev–Trinajstić information content (AvgIpc) is 2.64. The molecule has 0 N–H and O–H groups in total. The molecule has 0 fully saturated rings. The molecule has 0 radical (unpaired) electrons. The van der Waals surface area contributed by atoms with Gasteiger partial charge < -0.3 is 4.74 Å². The summed E-state index contributed by atoms with van der Waals surface area (Å²) in [5.74, 6) is 0.0687. The van der Waals surface area contributed by atoms with Gasteiger partial charge in [0.1, 0.15) is 17.5 Å². The summed E-state index contributed by atoms with van der Waals surface area (Å²) >= 11 is 0. The summed E-state index contributed by atoms with van der Waals surface area (Å²) in [5, 5.41) is 0. The van der Waals surface area contributed by atoms with Crippen LogP contribution in [0.15, 0.2) is 60.7 Å². The number of rotatable bonds is 11. The van der Waals surface area contributed by atoms with E-state index >= 15 is 0 Å². The highest BCUT2D eigenvalue weighted by atomic mass is 17.2. The molecular formula is C22H28O4. The van der Waals surface area contributed by atoms with Crippen LogP contribution in [-0.2, 0) is 31.5 Å². The van der Waals surface area contributed by atoms with Crippen LogP contribution in [0.5, 0.6) is 0 Å². The van der Waals surface area contributed by atoms with Gasteiger partial charge in [-0.2, -0.15) is 0 Å².